The summed E-state index contributed by atoms with van der Waals surface area (Å²) >= 11 is 0. The molecule has 0 spiro atoms. The smallest absolute Gasteiger partial charge is 0.123 e. The first kappa shape index (κ1) is 7.55. The van der Waals surface area contributed by atoms with Gasteiger partial charge in [0.25, 0.3) is 0 Å². The minimum atomic E-state index is 0.473. The number of nitrogen functional groups attached to an aromatic ring is 1. The topological polar surface area (TPSA) is 62.7 Å². The Bertz CT molecular complexity index is 299. The molecule has 3 nitrogen and oxygen atoms in total. The quantitative estimate of drug-likeness (QED) is 0.646. The van der Waals surface area contributed by atoms with Crippen LogP contribution in [0.3, 0.4) is 0 Å². The van der Waals surface area contributed by atoms with Crippen molar-refractivity contribution in [3.63, 3.8) is 0 Å². The Labute approximate surface area is 65.5 Å². The highest BCUT2D eigenvalue weighted by Crippen LogP contribution is 2.07. The summed E-state index contributed by atoms with van der Waals surface area (Å²) < 4.78 is 0. The second-order valence-electron chi connectivity index (χ2n) is 2.20. The van der Waals surface area contributed by atoms with E-state index >= 15 is 0 Å². The van der Waals surface area contributed by atoms with Crippen LogP contribution < -0.4 is 5.73 Å². The van der Waals surface area contributed by atoms with Gasteiger partial charge in [-0.15, -0.1) is 0 Å². The Morgan fingerprint density at radius 1 is 1.64 bits per heavy atom. The lowest BCUT2D eigenvalue weighted by molar-refractivity contribution is 1.03. The molecule has 1 aromatic heterocycles. The number of rotatable bonds is 1. The Balaban J connectivity index is 3.19. The van der Waals surface area contributed by atoms with Crippen LogP contribution in [0.4, 0.5) is 5.82 Å². The van der Waals surface area contributed by atoms with Crippen LogP contribution in [0.1, 0.15) is 18.2 Å². The minimum absolute atomic E-state index is 0.473. The molecule has 56 valence electrons. The molecule has 0 atom stereocenters. The lowest BCUT2D eigenvalue weighted by atomic mass is 10.2. The van der Waals surface area contributed by atoms with Crippen molar-refractivity contribution in [2.45, 2.75) is 13.3 Å². The lowest BCUT2D eigenvalue weighted by Crippen LogP contribution is -1.97. The molecule has 0 bridgehead atoms. The van der Waals surface area contributed by atoms with Gasteiger partial charge in [0.15, 0.2) is 0 Å². The molecule has 0 aromatic carbocycles. The molecule has 0 aliphatic heterocycles. The number of hydrogen-bond donors (Lipinski definition) is 1. The highest BCUT2D eigenvalue weighted by atomic mass is 14.8. The van der Waals surface area contributed by atoms with Gasteiger partial charge in [-0.1, -0.05) is 6.92 Å². The van der Waals surface area contributed by atoms with Crippen LogP contribution in [0.15, 0.2) is 12.1 Å². The molecule has 11 heavy (non-hydrogen) atoms. The molecule has 2 N–H and O–H groups in total. The third kappa shape index (κ3) is 1.47. The van der Waals surface area contributed by atoms with Gasteiger partial charge in [0.1, 0.15) is 11.9 Å². The largest absolute Gasteiger partial charge is 0.384 e. The Morgan fingerprint density at radius 3 is 2.91 bits per heavy atom. The first-order chi connectivity index (χ1) is 5.27. The fourth-order valence-electron chi connectivity index (χ4n) is 0.890. The predicted octanol–water partition coefficient (Wildman–Crippen LogP) is 1.10. The van der Waals surface area contributed by atoms with Crippen LogP contribution in [0.2, 0.25) is 0 Å². The minimum Gasteiger partial charge on any atom is -0.384 e. The molecule has 0 fully saturated rings. The van der Waals surface area contributed by atoms with Crippen LogP contribution >= 0.6 is 0 Å². The van der Waals surface area contributed by atoms with Crippen molar-refractivity contribution < 1.29 is 0 Å². The van der Waals surface area contributed by atoms with Crippen LogP contribution in [-0.4, -0.2) is 4.98 Å². The third-order valence-electron chi connectivity index (χ3n) is 1.45. The first-order valence-electron chi connectivity index (χ1n) is 3.43. The molecule has 0 aliphatic rings. The van der Waals surface area contributed by atoms with E-state index in [1.807, 2.05) is 6.92 Å². The van der Waals surface area contributed by atoms with Gasteiger partial charge in [-0.2, -0.15) is 5.26 Å². The van der Waals surface area contributed by atoms with Crippen LogP contribution in [0, 0.1) is 11.3 Å². The van der Waals surface area contributed by atoms with E-state index in [-0.39, 0.29) is 0 Å². The van der Waals surface area contributed by atoms with Gasteiger partial charge in [0.2, 0.25) is 0 Å². The van der Waals surface area contributed by atoms with Gasteiger partial charge in [-0.05, 0) is 18.6 Å². The summed E-state index contributed by atoms with van der Waals surface area (Å²) in [6.45, 7) is 1.95. The fraction of sp³-hybridized carbons (Fsp3) is 0.250. The summed E-state index contributed by atoms with van der Waals surface area (Å²) in [6, 6.07) is 5.39. The number of pyridine rings is 1. The maximum Gasteiger partial charge on any atom is 0.123 e. The molecular formula is C8H9N3. The van der Waals surface area contributed by atoms with E-state index in [0.29, 0.717) is 11.4 Å². The highest BCUT2D eigenvalue weighted by molar-refractivity contribution is 5.40. The second kappa shape index (κ2) is 3.02. The maximum absolute atomic E-state index is 8.61. The highest BCUT2D eigenvalue weighted by Gasteiger charge is 2.00. The van der Waals surface area contributed by atoms with Crippen molar-refractivity contribution in [1.29, 1.82) is 5.26 Å². The molecule has 1 heterocycles. The molecular weight excluding hydrogens is 138 g/mol. The Kier molecular flexibility index (Phi) is 2.07. The molecule has 0 saturated carbocycles. The molecule has 0 amide bonds. The van der Waals surface area contributed by atoms with Crippen molar-refractivity contribution in [1.82, 2.24) is 4.98 Å². The number of aromatic nitrogens is 1. The van der Waals surface area contributed by atoms with Gasteiger partial charge in [0, 0.05) is 0 Å². The number of anilines is 1. The van der Waals surface area contributed by atoms with Crippen LogP contribution in [-0.2, 0) is 6.42 Å². The van der Waals surface area contributed by atoms with Crippen molar-refractivity contribution >= 4 is 5.82 Å². The van der Waals surface area contributed by atoms with Crippen molar-refractivity contribution in [2.75, 3.05) is 5.73 Å². The molecule has 0 aliphatic carbocycles. The number of nitrogens with two attached hydrogens (primary N) is 1. The van der Waals surface area contributed by atoms with E-state index in [1.165, 1.54) is 0 Å². The Morgan fingerprint density at radius 2 is 2.36 bits per heavy atom. The average molecular weight is 147 g/mol. The maximum atomic E-state index is 8.61. The number of nitriles is 1. The molecule has 0 unspecified atom stereocenters. The fourth-order valence-corrected chi connectivity index (χ4v) is 0.890. The normalized spacial score (nSPS) is 9.09. The monoisotopic (exact) mass is 147 g/mol. The zero-order valence-electron chi connectivity index (χ0n) is 6.33. The van der Waals surface area contributed by atoms with Crippen LogP contribution in [0.25, 0.3) is 0 Å². The van der Waals surface area contributed by atoms with Crippen molar-refractivity contribution in [2.24, 2.45) is 0 Å². The number of hydrogen-bond acceptors (Lipinski definition) is 3. The van der Waals surface area contributed by atoms with Gasteiger partial charge >= 0.3 is 0 Å². The van der Waals surface area contributed by atoms with E-state index in [0.717, 1.165) is 12.1 Å². The summed E-state index contributed by atoms with van der Waals surface area (Å²) in [6.07, 6.45) is 0.744. The van der Waals surface area contributed by atoms with E-state index in [2.05, 4.69) is 11.1 Å². The molecule has 1 rings (SSSR count). The van der Waals surface area contributed by atoms with Gasteiger partial charge in [-0.3, -0.25) is 0 Å². The lowest BCUT2D eigenvalue weighted by Gasteiger charge is -1.98. The SMILES string of the molecule is CCc1nc(N)ccc1C#N. The van der Waals surface area contributed by atoms with Gasteiger partial charge in [0.05, 0.1) is 11.3 Å². The van der Waals surface area contributed by atoms with Crippen molar-refractivity contribution in [3.8, 4) is 6.07 Å². The molecule has 0 radical (unpaired) electrons. The molecule has 0 saturated heterocycles. The van der Waals surface area contributed by atoms with E-state index in [9.17, 15) is 0 Å². The molecule has 1 aromatic rings. The summed E-state index contributed by atoms with van der Waals surface area (Å²) in [5.41, 5.74) is 6.82. The summed E-state index contributed by atoms with van der Waals surface area (Å²) in [7, 11) is 0. The first-order valence-corrected chi connectivity index (χ1v) is 3.43. The number of aryl methyl sites for hydroxylation is 1. The van der Waals surface area contributed by atoms with Gasteiger partial charge < -0.3 is 5.73 Å². The zero-order valence-corrected chi connectivity index (χ0v) is 6.33. The third-order valence-corrected chi connectivity index (χ3v) is 1.45. The zero-order chi connectivity index (χ0) is 8.27. The van der Waals surface area contributed by atoms with Crippen LogP contribution in [0.5, 0.6) is 0 Å². The summed E-state index contributed by atoms with van der Waals surface area (Å²) in [5.74, 6) is 0.473. The predicted molar refractivity (Wildman–Crippen MR) is 42.7 cm³/mol. The van der Waals surface area contributed by atoms with Crippen molar-refractivity contribution in [3.05, 3.63) is 23.4 Å². The standard InChI is InChI=1S/C8H9N3/c1-2-7-6(5-9)3-4-8(10)11-7/h3-4H,2H2,1H3,(H2,10,11). The van der Waals surface area contributed by atoms with Gasteiger partial charge in [-0.25, -0.2) is 4.98 Å². The second-order valence-corrected chi connectivity index (χ2v) is 2.20. The summed E-state index contributed by atoms with van der Waals surface area (Å²) in [4.78, 5) is 4.02. The number of nitrogens with zero attached hydrogens (tertiary/aromatic N) is 2. The molecule has 3 heteroatoms. The average Bonchev–Trinajstić information content (AvgIpc) is 2.04. The van der Waals surface area contributed by atoms with E-state index in [4.69, 9.17) is 11.0 Å². The summed E-state index contributed by atoms with van der Waals surface area (Å²) in [5, 5.41) is 8.61. The Hall–Kier alpha value is -1.56. The van der Waals surface area contributed by atoms with E-state index < -0.39 is 0 Å². The van der Waals surface area contributed by atoms with E-state index in [1.54, 1.807) is 12.1 Å².